The first-order chi connectivity index (χ1) is 16.2. The maximum atomic E-state index is 13.8. The van der Waals surface area contributed by atoms with Gasteiger partial charge in [-0.05, 0) is 35.4 Å². The standard InChI is InChI=1S/C20H14Cl3F9N2O2/c21-13-3-10(4-14(22)16(13)23)17(36,20(30,31)32)8-34-11-2-1-9(12(5-11)19(27,28)29)7-33-15(35)6-18(24,25)26/h1-5,34,36H,6-8H2,(H,33,35)/t17-/m1/s1. The molecule has 0 saturated heterocycles. The van der Waals surface area contributed by atoms with Gasteiger partial charge in [-0.15, -0.1) is 0 Å². The van der Waals surface area contributed by atoms with E-state index in [9.17, 15) is 49.4 Å². The van der Waals surface area contributed by atoms with Gasteiger partial charge in [0.2, 0.25) is 11.5 Å². The monoisotopic (exact) mass is 590 g/mol. The van der Waals surface area contributed by atoms with Gasteiger partial charge in [-0.2, -0.15) is 39.5 Å². The maximum absolute atomic E-state index is 13.8. The van der Waals surface area contributed by atoms with Crippen molar-refractivity contribution in [2.75, 3.05) is 11.9 Å². The number of alkyl halides is 9. The number of rotatable bonds is 7. The molecule has 36 heavy (non-hydrogen) atoms. The summed E-state index contributed by atoms with van der Waals surface area (Å²) in [6.45, 7) is -2.32. The maximum Gasteiger partial charge on any atom is 0.423 e. The zero-order valence-electron chi connectivity index (χ0n) is 17.4. The number of amides is 1. The highest BCUT2D eigenvalue weighted by molar-refractivity contribution is 6.48. The molecule has 0 aliphatic heterocycles. The third-order valence-electron chi connectivity index (χ3n) is 4.73. The third-order valence-corrected chi connectivity index (χ3v) is 5.93. The van der Waals surface area contributed by atoms with Crippen molar-refractivity contribution >= 4 is 46.4 Å². The Morgan fingerprint density at radius 3 is 1.92 bits per heavy atom. The summed E-state index contributed by atoms with van der Waals surface area (Å²) in [5, 5.41) is 13.1. The van der Waals surface area contributed by atoms with Crippen LogP contribution in [0.25, 0.3) is 0 Å². The number of hydrogen-bond donors (Lipinski definition) is 3. The van der Waals surface area contributed by atoms with E-state index in [0.29, 0.717) is 18.2 Å². The number of hydrogen-bond acceptors (Lipinski definition) is 3. The summed E-state index contributed by atoms with van der Waals surface area (Å²) in [6, 6.07) is 3.41. The van der Waals surface area contributed by atoms with Gasteiger partial charge in [-0.25, -0.2) is 0 Å². The third kappa shape index (κ3) is 7.46. The Morgan fingerprint density at radius 2 is 1.44 bits per heavy atom. The van der Waals surface area contributed by atoms with E-state index in [0.717, 1.165) is 12.1 Å². The molecule has 0 saturated carbocycles. The van der Waals surface area contributed by atoms with Crippen molar-refractivity contribution in [3.63, 3.8) is 0 Å². The molecule has 0 radical (unpaired) electrons. The Balaban J connectivity index is 2.34. The Hall–Kier alpha value is -2.09. The lowest BCUT2D eigenvalue weighted by molar-refractivity contribution is -0.260. The summed E-state index contributed by atoms with van der Waals surface area (Å²) in [5.41, 5.74) is -7.13. The molecule has 1 amide bonds. The van der Waals surface area contributed by atoms with Crippen molar-refractivity contribution < 1.29 is 49.4 Å². The molecule has 0 bridgehead atoms. The van der Waals surface area contributed by atoms with Crippen molar-refractivity contribution in [2.24, 2.45) is 0 Å². The summed E-state index contributed by atoms with van der Waals surface area (Å²) < 4.78 is 118. The Kier molecular flexibility index (Phi) is 8.97. The minimum atomic E-state index is -5.35. The number of carbonyl (C=O) groups is 1. The highest BCUT2D eigenvalue weighted by Gasteiger charge is 2.55. The summed E-state index contributed by atoms with van der Waals surface area (Å²) in [4.78, 5) is 11.3. The van der Waals surface area contributed by atoms with Crippen LogP contribution >= 0.6 is 34.8 Å². The van der Waals surface area contributed by atoms with Crippen molar-refractivity contribution in [2.45, 2.75) is 37.1 Å². The number of benzene rings is 2. The van der Waals surface area contributed by atoms with Crippen LogP contribution in [-0.4, -0.2) is 29.9 Å². The average molecular weight is 592 g/mol. The van der Waals surface area contributed by atoms with E-state index in [4.69, 9.17) is 34.8 Å². The van der Waals surface area contributed by atoms with E-state index >= 15 is 0 Å². The lowest BCUT2D eigenvalue weighted by Gasteiger charge is -2.32. The fourth-order valence-corrected chi connectivity index (χ4v) is 3.53. The number of carbonyl (C=O) groups excluding carboxylic acids is 1. The van der Waals surface area contributed by atoms with Crippen molar-refractivity contribution in [1.82, 2.24) is 5.32 Å². The van der Waals surface area contributed by atoms with Gasteiger partial charge in [0, 0.05) is 12.2 Å². The first-order valence-corrected chi connectivity index (χ1v) is 10.6. The fourth-order valence-electron chi connectivity index (χ4n) is 2.93. The van der Waals surface area contributed by atoms with Crippen molar-refractivity contribution in [3.05, 3.63) is 62.1 Å². The minimum Gasteiger partial charge on any atom is -0.381 e. The Morgan fingerprint density at radius 1 is 0.889 bits per heavy atom. The first-order valence-electron chi connectivity index (χ1n) is 9.46. The van der Waals surface area contributed by atoms with Gasteiger partial charge in [0.15, 0.2) is 0 Å². The molecule has 16 heteroatoms. The van der Waals surface area contributed by atoms with Crippen LogP contribution in [0.5, 0.6) is 0 Å². The molecule has 0 spiro atoms. The Bertz CT molecular complexity index is 1100. The number of anilines is 1. The summed E-state index contributed by atoms with van der Waals surface area (Å²) in [5.74, 6) is -1.58. The molecule has 0 heterocycles. The molecule has 2 aromatic rings. The van der Waals surface area contributed by atoms with Gasteiger partial charge in [-0.1, -0.05) is 40.9 Å². The van der Waals surface area contributed by atoms with Gasteiger partial charge in [-0.3, -0.25) is 4.79 Å². The van der Waals surface area contributed by atoms with Gasteiger partial charge in [0.05, 0.1) is 27.2 Å². The van der Waals surface area contributed by atoms with Crippen LogP contribution in [0, 0.1) is 0 Å². The van der Waals surface area contributed by atoms with E-state index in [2.05, 4.69) is 5.32 Å². The number of halogens is 12. The van der Waals surface area contributed by atoms with Crippen LogP contribution in [0.15, 0.2) is 30.3 Å². The zero-order chi connectivity index (χ0) is 27.7. The lowest BCUT2D eigenvalue weighted by atomic mass is 9.92. The van der Waals surface area contributed by atoms with Crippen LogP contribution in [0.1, 0.15) is 23.1 Å². The first kappa shape index (κ1) is 30.1. The SMILES string of the molecule is O=C(CC(F)(F)F)NCc1ccc(NC[C@@](O)(c2cc(Cl)c(Cl)c(Cl)c2)C(F)(F)F)cc1C(F)(F)F. The molecular weight excluding hydrogens is 578 g/mol. The minimum absolute atomic E-state index is 0.285. The van der Waals surface area contributed by atoms with Crippen molar-refractivity contribution in [3.8, 4) is 0 Å². The highest BCUT2D eigenvalue weighted by atomic mass is 35.5. The van der Waals surface area contributed by atoms with Crippen LogP contribution in [0.4, 0.5) is 45.2 Å². The molecule has 0 aliphatic carbocycles. The fraction of sp³-hybridized carbons (Fsp3) is 0.350. The zero-order valence-corrected chi connectivity index (χ0v) is 19.7. The molecule has 2 aromatic carbocycles. The molecule has 0 aliphatic rings. The topological polar surface area (TPSA) is 61.4 Å². The van der Waals surface area contributed by atoms with Crippen LogP contribution in [-0.2, 0) is 23.1 Å². The molecule has 4 nitrogen and oxygen atoms in total. The normalized spacial score (nSPS) is 14.4. The molecule has 3 N–H and O–H groups in total. The van der Waals surface area contributed by atoms with Crippen molar-refractivity contribution in [1.29, 1.82) is 0 Å². The summed E-state index contributed by atoms with van der Waals surface area (Å²) >= 11 is 17.2. The van der Waals surface area contributed by atoms with E-state index in [1.807, 2.05) is 0 Å². The Labute approximate surface area is 212 Å². The predicted octanol–water partition coefficient (Wildman–Crippen LogP) is 7.10. The molecule has 0 unspecified atom stereocenters. The molecule has 1 atom stereocenters. The molecule has 200 valence electrons. The second-order valence-electron chi connectivity index (χ2n) is 7.40. The van der Waals surface area contributed by atoms with Crippen LogP contribution < -0.4 is 10.6 Å². The summed E-state index contributed by atoms with van der Waals surface area (Å²) in [7, 11) is 0. The number of aliphatic hydroxyl groups is 1. The van der Waals surface area contributed by atoms with Crippen LogP contribution in [0.2, 0.25) is 15.1 Å². The van der Waals surface area contributed by atoms with Gasteiger partial charge in [0.25, 0.3) is 0 Å². The molecule has 0 aromatic heterocycles. The molecule has 0 fully saturated rings. The second kappa shape index (κ2) is 10.7. The predicted molar refractivity (Wildman–Crippen MR) is 114 cm³/mol. The van der Waals surface area contributed by atoms with Crippen LogP contribution in [0.3, 0.4) is 0 Å². The second-order valence-corrected chi connectivity index (χ2v) is 8.60. The average Bonchev–Trinajstić information content (AvgIpc) is 2.71. The molecular formula is C20H14Cl3F9N2O2. The highest BCUT2D eigenvalue weighted by Crippen LogP contribution is 2.43. The largest absolute Gasteiger partial charge is 0.423 e. The lowest BCUT2D eigenvalue weighted by Crippen LogP contribution is -2.47. The molecule has 2 rings (SSSR count). The van der Waals surface area contributed by atoms with E-state index < -0.39 is 82.0 Å². The smallest absolute Gasteiger partial charge is 0.381 e. The number of nitrogens with one attached hydrogen (secondary N) is 2. The summed E-state index contributed by atoms with van der Waals surface area (Å²) in [6.07, 6.45) is -17.2. The van der Waals surface area contributed by atoms with E-state index in [1.54, 1.807) is 5.32 Å². The van der Waals surface area contributed by atoms with E-state index in [-0.39, 0.29) is 5.02 Å². The van der Waals surface area contributed by atoms with Gasteiger partial charge in [0.1, 0.15) is 6.42 Å². The van der Waals surface area contributed by atoms with Gasteiger partial charge < -0.3 is 15.7 Å². The quantitative estimate of drug-likeness (QED) is 0.238. The van der Waals surface area contributed by atoms with Gasteiger partial charge >= 0.3 is 18.5 Å². The van der Waals surface area contributed by atoms with E-state index in [1.165, 1.54) is 0 Å².